The molecule has 9 atom stereocenters. The van der Waals surface area contributed by atoms with Crippen molar-refractivity contribution in [3.8, 4) is 0 Å². The van der Waals surface area contributed by atoms with E-state index in [0.29, 0.717) is 5.92 Å². The molecule has 1 saturated carbocycles. The summed E-state index contributed by atoms with van der Waals surface area (Å²) >= 11 is 0. The van der Waals surface area contributed by atoms with Crippen LogP contribution in [0.1, 0.15) is 71.0 Å². The number of halogens is 1. The van der Waals surface area contributed by atoms with E-state index in [-0.39, 0.29) is 36.4 Å². The number of ether oxygens (including phenoxy) is 3. The molecule has 0 radical (unpaired) electrons. The fourth-order valence-corrected chi connectivity index (χ4v) is 6.43. The van der Waals surface area contributed by atoms with E-state index < -0.39 is 36.0 Å². The van der Waals surface area contributed by atoms with Crippen LogP contribution in [0.4, 0.5) is 4.39 Å². The molecule has 4 heterocycles. The van der Waals surface area contributed by atoms with E-state index in [1.807, 2.05) is 6.92 Å². The van der Waals surface area contributed by atoms with Gasteiger partial charge in [-0.15, -0.1) is 0 Å². The van der Waals surface area contributed by atoms with Crippen molar-refractivity contribution in [1.29, 1.82) is 0 Å². The van der Waals surface area contributed by atoms with E-state index >= 15 is 0 Å². The Morgan fingerprint density at radius 3 is 2.67 bits per heavy atom. The van der Waals surface area contributed by atoms with E-state index in [1.165, 1.54) is 12.1 Å². The smallest absolute Gasteiger partial charge is 0.303 e. The first-order valence-electron chi connectivity index (χ1n) is 12.0. The third kappa shape index (κ3) is 4.00. The standard InChI is InChI=1S/C25H33FO7/c1-14-4-9-19-15(2)22(29-20(10-11-21(27)28)16-5-7-17(26)8-6-16)30-23-25(19)18(14)12-13-24(3,31-23)32-33-25/h5-8,14-15,18-20,22-23H,4,9-13H2,1-3H3,(H,27,28)/t14-,15-,18+,19?,20?,22+,23-,24?,25?/m1/s1. The molecule has 1 N–H and O–H groups in total. The molecule has 1 spiro atoms. The lowest BCUT2D eigenvalue weighted by molar-refractivity contribution is -0.578. The molecule has 4 saturated heterocycles. The number of aliphatic carboxylic acids is 1. The maximum Gasteiger partial charge on any atom is 0.303 e. The van der Waals surface area contributed by atoms with Gasteiger partial charge in [0.25, 0.3) is 0 Å². The van der Waals surface area contributed by atoms with Crippen LogP contribution in [0.15, 0.2) is 24.3 Å². The zero-order valence-electron chi connectivity index (χ0n) is 19.4. The van der Waals surface area contributed by atoms with Gasteiger partial charge in [0.15, 0.2) is 18.2 Å². The van der Waals surface area contributed by atoms with Crippen molar-refractivity contribution in [2.24, 2.45) is 23.7 Å². The maximum atomic E-state index is 13.5. The van der Waals surface area contributed by atoms with Gasteiger partial charge in [0.2, 0.25) is 5.79 Å². The van der Waals surface area contributed by atoms with Gasteiger partial charge in [-0.1, -0.05) is 26.0 Å². The van der Waals surface area contributed by atoms with Crippen LogP contribution >= 0.6 is 0 Å². The Bertz CT molecular complexity index is 878. The highest BCUT2D eigenvalue weighted by Gasteiger charge is 2.69. The van der Waals surface area contributed by atoms with Crippen molar-refractivity contribution < 1.29 is 38.3 Å². The molecule has 5 aliphatic rings. The highest BCUT2D eigenvalue weighted by Crippen LogP contribution is 2.60. The van der Waals surface area contributed by atoms with Crippen LogP contribution in [0.2, 0.25) is 0 Å². The van der Waals surface area contributed by atoms with Gasteiger partial charge in [-0.05, 0) is 62.1 Å². The molecule has 0 amide bonds. The Kier molecular flexibility index (Phi) is 6.02. The first kappa shape index (κ1) is 23.2. The van der Waals surface area contributed by atoms with Gasteiger partial charge in [0.05, 0.1) is 6.10 Å². The van der Waals surface area contributed by atoms with Gasteiger partial charge in [-0.25, -0.2) is 14.2 Å². The summed E-state index contributed by atoms with van der Waals surface area (Å²) in [4.78, 5) is 23.3. The lowest BCUT2D eigenvalue weighted by Crippen LogP contribution is -2.70. The summed E-state index contributed by atoms with van der Waals surface area (Å²) in [6.45, 7) is 6.23. The molecule has 2 bridgehead atoms. The first-order chi connectivity index (χ1) is 15.7. The number of carboxylic acids is 1. The molecule has 1 aromatic rings. The topological polar surface area (TPSA) is 83.5 Å². The van der Waals surface area contributed by atoms with Gasteiger partial charge >= 0.3 is 5.97 Å². The minimum Gasteiger partial charge on any atom is -0.481 e. The SMILES string of the molecule is C[C@@H]1CCC2[C@@H](C)[C@@H](OC(CCC(=O)O)c3ccc(F)cc3)O[C@@H]3OC4(C)CC[C@@H]1C23OO4. The first-order valence-corrected chi connectivity index (χ1v) is 12.0. The lowest BCUT2D eigenvalue weighted by Gasteiger charge is -2.60. The van der Waals surface area contributed by atoms with E-state index in [4.69, 9.17) is 24.0 Å². The summed E-state index contributed by atoms with van der Waals surface area (Å²) in [5.41, 5.74) is 0.0399. The lowest BCUT2D eigenvalue weighted by atomic mass is 9.58. The van der Waals surface area contributed by atoms with Crippen LogP contribution in [0.3, 0.4) is 0 Å². The van der Waals surface area contributed by atoms with Crippen LogP contribution in [-0.2, 0) is 28.8 Å². The van der Waals surface area contributed by atoms with E-state index in [2.05, 4.69) is 13.8 Å². The number of carbonyl (C=O) groups is 1. The average molecular weight is 465 g/mol. The molecule has 0 aromatic heterocycles. The summed E-state index contributed by atoms with van der Waals surface area (Å²) in [6.07, 6.45) is 2.10. The van der Waals surface area contributed by atoms with Crippen molar-refractivity contribution >= 4 is 5.97 Å². The van der Waals surface area contributed by atoms with Gasteiger partial charge in [-0.3, -0.25) is 4.79 Å². The zero-order chi connectivity index (χ0) is 23.4. The summed E-state index contributed by atoms with van der Waals surface area (Å²) in [5, 5.41) is 9.24. The van der Waals surface area contributed by atoms with Crippen molar-refractivity contribution in [2.45, 2.75) is 89.4 Å². The predicted octanol–water partition coefficient (Wildman–Crippen LogP) is 4.96. The predicted molar refractivity (Wildman–Crippen MR) is 114 cm³/mol. The van der Waals surface area contributed by atoms with Gasteiger partial charge < -0.3 is 19.3 Å². The molecule has 1 aromatic carbocycles. The van der Waals surface area contributed by atoms with Crippen molar-refractivity contribution in [3.63, 3.8) is 0 Å². The number of rotatable bonds is 6. The summed E-state index contributed by atoms with van der Waals surface area (Å²) in [5.74, 6) is -1.33. The quantitative estimate of drug-likeness (QED) is 0.596. The highest BCUT2D eigenvalue weighted by atomic mass is 19.1. The Balaban J connectivity index is 1.43. The molecule has 5 fully saturated rings. The largest absolute Gasteiger partial charge is 0.481 e. The Morgan fingerprint density at radius 1 is 1.18 bits per heavy atom. The van der Waals surface area contributed by atoms with Gasteiger partial charge in [-0.2, -0.15) is 0 Å². The minimum absolute atomic E-state index is 0.0290. The molecule has 4 aliphatic heterocycles. The van der Waals surface area contributed by atoms with Crippen molar-refractivity contribution in [1.82, 2.24) is 0 Å². The third-order valence-corrected chi connectivity index (χ3v) is 8.26. The molecule has 7 nitrogen and oxygen atoms in total. The van der Waals surface area contributed by atoms with Crippen LogP contribution in [0.5, 0.6) is 0 Å². The summed E-state index contributed by atoms with van der Waals surface area (Å²) in [6, 6.07) is 5.99. The zero-order valence-corrected chi connectivity index (χ0v) is 19.4. The molecule has 33 heavy (non-hydrogen) atoms. The molecule has 182 valence electrons. The number of hydrogen-bond acceptors (Lipinski definition) is 6. The second kappa shape index (κ2) is 8.57. The van der Waals surface area contributed by atoms with Crippen LogP contribution in [0, 0.1) is 29.5 Å². The monoisotopic (exact) mass is 464 g/mol. The summed E-state index contributed by atoms with van der Waals surface area (Å²) < 4.78 is 32.8. The van der Waals surface area contributed by atoms with Crippen molar-refractivity contribution in [2.75, 3.05) is 0 Å². The number of carboxylic acid groups (broad SMARTS) is 1. The Labute approximate surface area is 193 Å². The Morgan fingerprint density at radius 2 is 1.94 bits per heavy atom. The number of fused-ring (bicyclic) bond motifs is 2. The molecule has 6 rings (SSSR count). The van der Waals surface area contributed by atoms with E-state index in [9.17, 15) is 14.3 Å². The second-order valence-electron chi connectivity index (χ2n) is 10.4. The van der Waals surface area contributed by atoms with Crippen molar-refractivity contribution in [3.05, 3.63) is 35.6 Å². The number of benzene rings is 1. The van der Waals surface area contributed by atoms with Gasteiger partial charge in [0.1, 0.15) is 5.82 Å². The highest BCUT2D eigenvalue weighted by molar-refractivity contribution is 5.66. The average Bonchev–Trinajstić information content (AvgIpc) is 3.01. The van der Waals surface area contributed by atoms with Crippen LogP contribution in [0.25, 0.3) is 0 Å². The maximum absolute atomic E-state index is 13.5. The van der Waals surface area contributed by atoms with E-state index in [0.717, 1.165) is 31.2 Å². The second-order valence-corrected chi connectivity index (χ2v) is 10.4. The van der Waals surface area contributed by atoms with Crippen LogP contribution in [-0.4, -0.2) is 35.0 Å². The van der Waals surface area contributed by atoms with Gasteiger partial charge in [0, 0.05) is 24.7 Å². The van der Waals surface area contributed by atoms with Crippen LogP contribution < -0.4 is 0 Å². The normalized spacial score (nSPS) is 42.9. The number of hydrogen-bond donors (Lipinski definition) is 1. The molecular formula is C25H33FO7. The Hall–Kier alpha value is -1.58. The molecular weight excluding hydrogens is 431 g/mol. The minimum atomic E-state index is -0.908. The van der Waals surface area contributed by atoms with E-state index in [1.54, 1.807) is 12.1 Å². The molecule has 8 heteroatoms. The third-order valence-electron chi connectivity index (χ3n) is 8.26. The fourth-order valence-electron chi connectivity index (χ4n) is 6.43. The fraction of sp³-hybridized carbons (Fsp3) is 0.720. The summed E-state index contributed by atoms with van der Waals surface area (Å²) in [7, 11) is 0. The molecule has 1 aliphatic carbocycles. The molecule has 4 unspecified atom stereocenters.